The highest BCUT2D eigenvalue weighted by molar-refractivity contribution is 7.10. The van der Waals surface area contributed by atoms with Crippen LogP contribution in [0.5, 0.6) is 0 Å². The quantitative estimate of drug-likeness (QED) is 0.567. The molecule has 0 N–H and O–H groups in total. The van der Waals surface area contributed by atoms with E-state index in [1.165, 1.54) is 11.3 Å². The Morgan fingerprint density at radius 1 is 1.00 bits per heavy atom. The topological polar surface area (TPSA) is 96.5 Å². The fourth-order valence-electron chi connectivity index (χ4n) is 4.42. The first kappa shape index (κ1) is 24.7. The molecule has 10 heteroatoms. The van der Waals surface area contributed by atoms with E-state index in [1.54, 1.807) is 21.6 Å². The third-order valence-corrected chi connectivity index (χ3v) is 7.21. The molecular formula is C25H29N3O6S. The van der Waals surface area contributed by atoms with Gasteiger partial charge in [0.25, 0.3) is 5.91 Å². The Morgan fingerprint density at radius 3 is 2.31 bits per heavy atom. The zero-order valence-corrected chi connectivity index (χ0v) is 20.7. The van der Waals surface area contributed by atoms with Crippen LogP contribution in [-0.2, 0) is 23.9 Å². The average Bonchev–Trinajstić information content (AvgIpc) is 3.51. The first-order valence-corrected chi connectivity index (χ1v) is 12.5. The molecule has 0 bridgehead atoms. The van der Waals surface area contributed by atoms with Crippen LogP contribution in [0.3, 0.4) is 0 Å². The zero-order valence-electron chi connectivity index (χ0n) is 19.8. The Labute approximate surface area is 208 Å². The molecule has 1 aromatic heterocycles. The second-order valence-corrected chi connectivity index (χ2v) is 9.52. The van der Waals surface area contributed by atoms with Crippen LogP contribution in [0.15, 0.2) is 41.8 Å². The van der Waals surface area contributed by atoms with Crippen molar-refractivity contribution >= 4 is 40.9 Å². The molecule has 3 amide bonds. The third kappa shape index (κ3) is 5.48. The van der Waals surface area contributed by atoms with Gasteiger partial charge in [-0.25, -0.2) is 4.79 Å². The Morgan fingerprint density at radius 2 is 1.69 bits per heavy atom. The predicted octanol–water partition coefficient (Wildman–Crippen LogP) is 2.99. The number of anilines is 1. The highest BCUT2D eigenvalue weighted by Gasteiger charge is 2.46. The van der Waals surface area contributed by atoms with Gasteiger partial charge in [0.1, 0.15) is 0 Å². The molecule has 2 aliphatic rings. The van der Waals surface area contributed by atoms with E-state index in [2.05, 4.69) is 0 Å². The molecule has 2 aromatic rings. The minimum absolute atomic E-state index is 0.0156. The third-order valence-electron chi connectivity index (χ3n) is 6.27. The number of benzene rings is 1. The van der Waals surface area contributed by atoms with Gasteiger partial charge >= 0.3 is 12.1 Å². The van der Waals surface area contributed by atoms with Crippen LogP contribution in [0.2, 0.25) is 0 Å². The minimum atomic E-state index is -0.712. The highest BCUT2D eigenvalue weighted by atomic mass is 32.1. The van der Waals surface area contributed by atoms with Crippen LogP contribution in [0.4, 0.5) is 10.5 Å². The van der Waals surface area contributed by atoms with E-state index in [-0.39, 0.29) is 18.2 Å². The van der Waals surface area contributed by atoms with Crippen molar-refractivity contribution in [2.75, 3.05) is 44.3 Å². The van der Waals surface area contributed by atoms with Gasteiger partial charge < -0.3 is 24.2 Å². The molecule has 0 aliphatic carbocycles. The summed E-state index contributed by atoms with van der Waals surface area (Å²) in [5.74, 6) is -1.76. The molecule has 2 saturated heterocycles. The van der Waals surface area contributed by atoms with Crippen molar-refractivity contribution in [3.8, 4) is 0 Å². The number of carbonyl (C=O) groups excluding carboxylic acids is 4. The van der Waals surface area contributed by atoms with Gasteiger partial charge in [-0.2, -0.15) is 0 Å². The molecule has 1 aromatic carbocycles. The molecule has 3 heterocycles. The number of ether oxygens (including phenoxy) is 2. The molecule has 0 radical (unpaired) electrons. The summed E-state index contributed by atoms with van der Waals surface area (Å²) in [4.78, 5) is 56.2. The molecule has 2 unspecified atom stereocenters. The van der Waals surface area contributed by atoms with Gasteiger partial charge in [-0.15, -0.1) is 11.3 Å². The lowest BCUT2D eigenvalue weighted by Crippen LogP contribution is -2.51. The van der Waals surface area contributed by atoms with Crippen molar-refractivity contribution in [2.45, 2.75) is 26.3 Å². The van der Waals surface area contributed by atoms with Gasteiger partial charge in [0, 0.05) is 43.2 Å². The summed E-state index contributed by atoms with van der Waals surface area (Å²) >= 11 is 1.48. The Bertz CT molecular complexity index is 1060. The molecule has 9 nitrogen and oxygen atoms in total. The smallest absolute Gasteiger partial charge is 0.409 e. The molecule has 2 atom stereocenters. The summed E-state index contributed by atoms with van der Waals surface area (Å²) in [5.41, 5.74) is 1.80. The number of esters is 1. The maximum Gasteiger partial charge on any atom is 0.409 e. The van der Waals surface area contributed by atoms with Crippen LogP contribution in [0, 0.1) is 12.8 Å². The van der Waals surface area contributed by atoms with E-state index >= 15 is 0 Å². The number of hydrogen-bond donors (Lipinski definition) is 0. The molecule has 0 saturated carbocycles. The van der Waals surface area contributed by atoms with Crippen LogP contribution in [0.1, 0.15) is 29.8 Å². The second-order valence-electron chi connectivity index (χ2n) is 8.54. The standard InChI is InChI=1S/C25H29N3O6S/c1-3-33-25(32)27-12-10-26(11-13-27)22(30)16-34-24(31)19-15-21(29)28(18-8-6-17(2)7-9-18)23(19)20-5-4-14-35-20/h4-9,14,19,23H,3,10-13,15-16H2,1-2H3. The largest absolute Gasteiger partial charge is 0.455 e. The van der Waals surface area contributed by atoms with E-state index in [0.717, 1.165) is 16.1 Å². The summed E-state index contributed by atoms with van der Waals surface area (Å²) in [7, 11) is 0. The van der Waals surface area contributed by atoms with Crippen LogP contribution < -0.4 is 4.90 Å². The van der Waals surface area contributed by atoms with Crippen molar-refractivity contribution in [3.63, 3.8) is 0 Å². The lowest BCUT2D eigenvalue weighted by atomic mass is 9.99. The van der Waals surface area contributed by atoms with Gasteiger partial charge in [0.2, 0.25) is 5.91 Å². The minimum Gasteiger partial charge on any atom is -0.455 e. The van der Waals surface area contributed by atoms with Gasteiger partial charge in [-0.3, -0.25) is 14.4 Å². The Kier molecular flexibility index (Phi) is 7.70. The van der Waals surface area contributed by atoms with E-state index in [4.69, 9.17) is 9.47 Å². The number of amides is 3. The van der Waals surface area contributed by atoms with E-state index in [0.29, 0.717) is 32.8 Å². The first-order valence-electron chi connectivity index (χ1n) is 11.7. The zero-order chi connectivity index (χ0) is 24.9. The number of piperazine rings is 1. The fourth-order valence-corrected chi connectivity index (χ4v) is 5.31. The normalized spacial score (nSPS) is 20.2. The maximum absolute atomic E-state index is 13.1. The summed E-state index contributed by atoms with van der Waals surface area (Å²) in [6, 6.07) is 10.9. The van der Waals surface area contributed by atoms with Crippen molar-refractivity contribution in [1.29, 1.82) is 0 Å². The summed E-state index contributed by atoms with van der Waals surface area (Å²) < 4.78 is 10.4. The molecular weight excluding hydrogens is 470 g/mol. The predicted molar refractivity (Wildman–Crippen MR) is 130 cm³/mol. The van der Waals surface area contributed by atoms with E-state index < -0.39 is 30.6 Å². The van der Waals surface area contributed by atoms with Crippen molar-refractivity contribution in [3.05, 3.63) is 52.2 Å². The van der Waals surface area contributed by atoms with Crippen LogP contribution in [-0.4, -0.2) is 73.1 Å². The SMILES string of the molecule is CCOC(=O)N1CCN(C(=O)COC(=O)C2CC(=O)N(c3ccc(C)cc3)C2c2cccs2)CC1. The number of nitrogens with zero attached hydrogens (tertiary/aromatic N) is 3. The summed E-state index contributed by atoms with van der Waals surface area (Å²) in [6.45, 7) is 5.03. The second kappa shape index (κ2) is 10.9. The molecule has 35 heavy (non-hydrogen) atoms. The van der Waals surface area contributed by atoms with E-state index in [9.17, 15) is 19.2 Å². The van der Waals surface area contributed by atoms with Crippen LogP contribution in [0.25, 0.3) is 0 Å². The molecule has 4 rings (SSSR count). The number of hydrogen-bond acceptors (Lipinski definition) is 7. The molecule has 2 aliphatic heterocycles. The number of thiophene rings is 1. The van der Waals surface area contributed by atoms with Gasteiger partial charge in [-0.05, 0) is 37.4 Å². The van der Waals surface area contributed by atoms with Crippen molar-refractivity contribution in [1.82, 2.24) is 9.80 Å². The highest BCUT2D eigenvalue weighted by Crippen LogP contribution is 2.43. The first-order chi connectivity index (χ1) is 16.9. The van der Waals surface area contributed by atoms with E-state index in [1.807, 2.05) is 48.7 Å². The number of aryl methyl sites for hydroxylation is 1. The van der Waals surface area contributed by atoms with Crippen molar-refractivity contribution < 1.29 is 28.7 Å². The maximum atomic E-state index is 13.1. The van der Waals surface area contributed by atoms with Gasteiger partial charge in [-0.1, -0.05) is 23.8 Å². The van der Waals surface area contributed by atoms with Crippen LogP contribution >= 0.6 is 11.3 Å². The van der Waals surface area contributed by atoms with Gasteiger partial charge in [0.15, 0.2) is 6.61 Å². The average molecular weight is 500 g/mol. The lowest BCUT2D eigenvalue weighted by Gasteiger charge is -2.34. The number of rotatable bonds is 6. The Hall–Kier alpha value is -3.40. The number of carbonyl (C=O) groups is 4. The fraction of sp³-hybridized carbons (Fsp3) is 0.440. The van der Waals surface area contributed by atoms with Gasteiger partial charge in [0.05, 0.1) is 18.6 Å². The summed E-state index contributed by atoms with van der Waals surface area (Å²) in [6.07, 6.45) is -0.378. The molecule has 2 fully saturated rings. The molecule has 0 spiro atoms. The van der Waals surface area contributed by atoms with Crippen molar-refractivity contribution in [2.24, 2.45) is 5.92 Å². The lowest BCUT2D eigenvalue weighted by molar-refractivity contribution is -0.156. The monoisotopic (exact) mass is 499 g/mol. The molecule has 186 valence electrons. The summed E-state index contributed by atoms with van der Waals surface area (Å²) in [5, 5.41) is 1.91. The Balaban J connectivity index is 1.39.